The summed E-state index contributed by atoms with van der Waals surface area (Å²) in [6, 6.07) is 0. The second kappa shape index (κ2) is 11.5. The van der Waals surface area contributed by atoms with E-state index in [0.717, 1.165) is 32.6 Å². The molecule has 1 aliphatic heterocycles. The van der Waals surface area contributed by atoms with Crippen LogP contribution in [0.4, 0.5) is 0 Å². The van der Waals surface area contributed by atoms with E-state index in [1.54, 1.807) is 4.81 Å². The lowest BCUT2D eigenvalue weighted by Crippen LogP contribution is -2.48. The van der Waals surface area contributed by atoms with Gasteiger partial charge in [0.15, 0.2) is 7.98 Å². The molecule has 3 atom stereocenters. The van der Waals surface area contributed by atoms with E-state index in [1.165, 1.54) is 0 Å². The SMILES string of the molecule is CC.[B]N1CCN(CC(O)COC(=O)C(C)(CC(C)(C)C)PC)CC1. The quantitative estimate of drug-likeness (QED) is 0.422. The molecule has 0 aliphatic carbocycles. The Morgan fingerprint density at radius 2 is 1.72 bits per heavy atom. The van der Waals surface area contributed by atoms with Gasteiger partial charge in [-0.15, -0.1) is 8.58 Å². The summed E-state index contributed by atoms with van der Waals surface area (Å²) in [4.78, 5) is 16.4. The standard InChI is InChI=1S/C16H32BN2O3P.C2H6/c1-15(2,3)12-16(4,23-5)14(21)22-11-13(20)10-18-6-8-19(17)9-7-18;1-2/h13,20,23H,6-12H2,1-5H3;1-2H3. The Morgan fingerprint density at radius 1 is 1.20 bits per heavy atom. The van der Waals surface area contributed by atoms with E-state index < -0.39 is 11.3 Å². The summed E-state index contributed by atoms with van der Waals surface area (Å²) in [5.74, 6) is -0.195. The van der Waals surface area contributed by atoms with Crippen molar-refractivity contribution in [2.24, 2.45) is 5.41 Å². The van der Waals surface area contributed by atoms with Gasteiger partial charge in [-0.05, 0) is 38.5 Å². The summed E-state index contributed by atoms with van der Waals surface area (Å²) in [5, 5.41) is 9.66. The topological polar surface area (TPSA) is 53.0 Å². The van der Waals surface area contributed by atoms with Crippen molar-refractivity contribution in [2.75, 3.05) is 46.0 Å². The van der Waals surface area contributed by atoms with Gasteiger partial charge in [0.05, 0.1) is 5.16 Å². The molecule has 1 fully saturated rings. The number of ether oxygens (including phenoxy) is 1. The normalized spacial score (nSPS) is 20.6. The number of β-amino-alcohol motifs (C(OH)–C–C–N with tert-alkyl or cyclic N) is 1. The third-order valence-corrected chi connectivity index (χ3v) is 5.65. The highest BCUT2D eigenvalue weighted by molar-refractivity contribution is 7.40. The molecule has 7 heteroatoms. The molecule has 1 N–H and O–H groups in total. The largest absolute Gasteiger partial charge is 0.462 e. The molecule has 3 unspecified atom stereocenters. The number of esters is 1. The van der Waals surface area contributed by atoms with Crippen LogP contribution in [0, 0.1) is 5.41 Å². The molecule has 1 rings (SSSR count). The van der Waals surface area contributed by atoms with Crippen LogP contribution < -0.4 is 0 Å². The fourth-order valence-electron chi connectivity index (χ4n) is 2.95. The van der Waals surface area contributed by atoms with Gasteiger partial charge in [0.2, 0.25) is 0 Å². The molecule has 25 heavy (non-hydrogen) atoms. The summed E-state index contributed by atoms with van der Waals surface area (Å²) in [5.41, 5.74) is 0.0668. The maximum atomic E-state index is 12.5. The summed E-state index contributed by atoms with van der Waals surface area (Å²) in [7, 11) is 6.19. The van der Waals surface area contributed by atoms with Crippen LogP contribution in [0.1, 0.15) is 48.0 Å². The first-order chi connectivity index (χ1) is 11.6. The predicted molar refractivity (Wildman–Crippen MR) is 109 cm³/mol. The Labute approximate surface area is 158 Å². The van der Waals surface area contributed by atoms with E-state index in [9.17, 15) is 9.90 Å². The molecule has 0 spiro atoms. The minimum Gasteiger partial charge on any atom is -0.462 e. The maximum Gasteiger partial charge on any atom is 0.315 e. The van der Waals surface area contributed by atoms with Crippen molar-refractivity contribution in [2.45, 2.75) is 59.2 Å². The van der Waals surface area contributed by atoms with E-state index in [0.29, 0.717) is 15.1 Å². The second-order valence-electron chi connectivity index (χ2n) is 7.91. The first-order valence-corrected chi connectivity index (χ1v) is 10.8. The van der Waals surface area contributed by atoms with E-state index in [-0.39, 0.29) is 18.0 Å². The number of rotatable bonds is 7. The van der Waals surface area contributed by atoms with E-state index in [2.05, 4.69) is 25.7 Å². The summed E-state index contributed by atoms with van der Waals surface area (Å²) in [6.07, 6.45) is 0.129. The van der Waals surface area contributed by atoms with Crippen LogP contribution in [0.5, 0.6) is 0 Å². The predicted octanol–water partition coefficient (Wildman–Crippen LogP) is 2.12. The second-order valence-corrected chi connectivity index (χ2v) is 9.51. The van der Waals surface area contributed by atoms with Crippen molar-refractivity contribution in [3.05, 3.63) is 0 Å². The number of nitrogens with zero attached hydrogens (tertiary/aromatic N) is 2. The minimum atomic E-state index is -0.651. The lowest BCUT2D eigenvalue weighted by molar-refractivity contribution is -0.150. The van der Waals surface area contributed by atoms with Gasteiger partial charge in [-0.2, -0.15) is 0 Å². The number of piperazine rings is 1. The van der Waals surface area contributed by atoms with Gasteiger partial charge in [-0.1, -0.05) is 34.6 Å². The summed E-state index contributed by atoms with van der Waals surface area (Å²) in [6.45, 7) is 18.2. The Kier molecular flexibility index (Phi) is 11.5. The van der Waals surface area contributed by atoms with Crippen molar-refractivity contribution in [3.8, 4) is 0 Å². The number of hydrogen-bond donors (Lipinski definition) is 1. The highest BCUT2D eigenvalue weighted by Crippen LogP contribution is 2.40. The molecule has 0 bridgehead atoms. The third-order valence-electron chi connectivity index (χ3n) is 4.17. The highest BCUT2D eigenvalue weighted by atomic mass is 31.1. The Morgan fingerprint density at radius 3 is 2.16 bits per heavy atom. The Hall–Kier alpha value is -0.155. The molecule has 0 saturated carbocycles. The molecule has 2 radical (unpaired) electrons. The summed E-state index contributed by atoms with van der Waals surface area (Å²) < 4.78 is 5.42. The number of carbonyl (C=O) groups excluding carboxylic acids is 1. The molecule has 1 saturated heterocycles. The fraction of sp³-hybridized carbons (Fsp3) is 0.944. The average Bonchev–Trinajstić information content (AvgIpc) is 2.55. The molecule has 0 aromatic carbocycles. The van der Waals surface area contributed by atoms with Gasteiger partial charge in [-0.3, -0.25) is 9.69 Å². The van der Waals surface area contributed by atoms with Crippen LogP contribution in [-0.2, 0) is 9.53 Å². The zero-order valence-electron chi connectivity index (χ0n) is 17.3. The van der Waals surface area contributed by atoms with Crippen molar-refractivity contribution in [3.63, 3.8) is 0 Å². The van der Waals surface area contributed by atoms with Crippen molar-refractivity contribution in [1.82, 2.24) is 9.71 Å². The molecule has 0 amide bonds. The van der Waals surface area contributed by atoms with Crippen LogP contribution in [0.25, 0.3) is 0 Å². The average molecular weight is 372 g/mol. The van der Waals surface area contributed by atoms with Crippen LogP contribution in [0.3, 0.4) is 0 Å². The molecule has 0 aromatic rings. The van der Waals surface area contributed by atoms with Crippen LogP contribution in [0.2, 0.25) is 0 Å². The van der Waals surface area contributed by atoms with Gasteiger partial charge in [0.25, 0.3) is 0 Å². The number of aliphatic hydroxyl groups is 1. The number of aliphatic hydroxyl groups excluding tert-OH is 1. The molecular formula is C18H38BN2O3P. The van der Waals surface area contributed by atoms with Gasteiger partial charge in [0, 0.05) is 19.6 Å². The lowest BCUT2D eigenvalue weighted by atomic mass is 9.85. The van der Waals surface area contributed by atoms with E-state index >= 15 is 0 Å². The third kappa shape index (κ3) is 9.93. The molecule has 1 aliphatic rings. The zero-order chi connectivity index (χ0) is 19.7. The van der Waals surface area contributed by atoms with Gasteiger partial charge in [0.1, 0.15) is 12.7 Å². The number of carbonyl (C=O) groups is 1. The van der Waals surface area contributed by atoms with E-state index in [4.69, 9.17) is 12.7 Å². The first kappa shape index (κ1) is 24.8. The van der Waals surface area contributed by atoms with Crippen LogP contribution in [0.15, 0.2) is 0 Å². The molecule has 146 valence electrons. The lowest BCUT2D eigenvalue weighted by Gasteiger charge is -2.35. The van der Waals surface area contributed by atoms with Crippen LogP contribution in [-0.4, -0.2) is 86.0 Å². The minimum absolute atomic E-state index is 0.0614. The molecule has 5 nitrogen and oxygen atoms in total. The summed E-state index contributed by atoms with van der Waals surface area (Å²) >= 11 is 0. The van der Waals surface area contributed by atoms with Gasteiger partial charge >= 0.3 is 5.97 Å². The molecule has 0 aromatic heterocycles. The maximum absolute atomic E-state index is 12.5. The van der Waals surface area contributed by atoms with E-state index in [1.807, 2.05) is 27.4 Å². The monoisotopic (exact) mass is 372 g/mol. The van der Waals surface area contributed by atoms with Gasteiger partial charge < -0.3 is 14.7 Å². The zero-order valence-corrected chi connectivity index (χ0v) is 18.3. The molecular weight excluding hydrogens is 334 g/mol. The van der Waals surface area contributed by atoms with Gasteiger partial charge in [-0.25, -0.2) is 0 Å². The smallest absolute Gasteiger partial charge is 0.315 e. The van der Waals surface area contributed by atoms with Crippen molar-refractivity contribution in [1.29, 1.82) is 0 Å². The Bertz CT molecular complexity index is 385. The highest BCUT2D eigenvalue weighted by Gasteiger charge is 2.37. The number of hydrogen-bond acceptors (Lipinski definition) is 5. The fourth-order valence-corrected chi connectivity index (χ4v) is 3.93. The molecule has 1 heterocycles. The Balaban J connectivity index is 0.00000277. The van der Waals surface area contributed by atoms with Crippen LogP contribution >= 0.6 is 8.58 Å². The van der Waals surface area contributed by atoms with Crippen molar-refractivity contribution >= 4 is 22.5 Å². The van der Waals surface area contributed by atoms with Crippen molar-refractivity contribution < 1.29 is 14.6 Å². The first-order valence-electron chi connectivity index (χ1n) is 9.32.